The van der Waals surface area contributed by atoms with E-state index in [0.29, 0.717) is 6.61 Å². The van der Waals surface area contributed by atoms with E-state index < -0.39 is 0 Å². The SMILES string of the molecule is Cc1csc(Nc2cccc([C@H]3CN(Cc4cnn(C)c4)CCO3)n2)n1. The first-order valence-corrected chi connectivity index (χ1v) is 9.51. The summed E-state index contributed by atoms with van der Waals surface area (Å²) in [6, 6.07) is 5.99. The number of rotatable bonds is 5. The first-order valence-electron chi connectivity index (χ1n) is 8.63. The number of morpholine rings is 1. The number of thiazole rings is 1. The predicted molar refractivity (Wildman–Crippen MR) is 102 cm³/mol. The number of pyridine rings is 1. The lowest BCUT2D eigenvalue weighted by Gasteiger charge is -2.32. The lowest BCUT2D eigenvalue weighted by molar-refractivity contribution is -0.0349. The standard InChI is InChI=1S/C18H22N6OS/c1-13-12-26-18(20-13)22-17-5-3-4-15(21-17)16-11-24(6-7-25-16)10-14-8-19-23(2)9-14/h3-5,8-9,12,16H,6-7,10-11H2,1-2H3,(H,20,21,22)/t16-/m1/s1. The van der Waals surface area contributed by atoms with Crippen LogP contribution in [0.3, 0.4) is 0 Å². The summed E-state index contributed by atoms with van der Waals surface area (Å²) in [6.45, 7) is 5.31. The van der Waals surface area contributed by atoms with Crippen molar-refractivity contribution in [2.45, 2.75) is 19.6 Å². The van der Waals surface area contributed by atoms with Crippen molar-refractivity contribution >= 4 is 22.3 Å². The number of hydrogen-bond donors (Lipinski definition) is 1. The van der Waals surface area contributed by atoms with Crippen molar-refractivity contribution < 1.29 is 4.74 Å². The van der Waals surface area contributed by atoms with Crippen molar-refractivity contribution in [1.82, 2.24) is 24.6 Å². The number of nitrogens with zero attached hydrogens (tertiary/aromatic N) is 5. The van der Waals surface area contributed by atoms with E-state index in [2.05, 4.69) is 26.5 Å². The van der Waals surface area contributed by atoms with Gasteiger partial charge in [0.1, 0.15) is 11.9 Å². The minimum Gasteiger partial charge on any atom is -0.369 e. The van der Waals surface area contributed by atoms with Crippen LogP contribution in [0.25, 0.3) is 0 Å². The van der Waals surface area contributed by atoms with Crippen LogP contribution in [0.1, 0.15) is 23.1 Å². The zero-order valence-electron chi connectivity index (χ0n) is 14.9. The van der Waals surface area contributed by atoms with E-state index in [-0.39, 0.29) is 6.10 Å². The van der Waals surface area contributed by atoms with Crippen molar-refractivity contribution in [2.75, 3.05) is 25.0 Å². The Morgan fingerprint density at radius 2 is 2.27 bits per heavy atom. The Hall–Kier alpha value is -2.29. The molecule has 0 spiro atoms. The molecule has 0 amide bonds. The second-order valence-electron chi connectivity index (χ2n) is 6.48. The molecule has 0 bridgehead atoms. The zero-order valence-corrected chi connectivity index (χ0v) is 15.7. The van der Waals surface area contributed by atoms with E-state index in [1.165, 1.54) is 5.56 Å². The molecule has 1 fully saturated rings. The van der Waals surface area contributed by atoms with E-state index in [1.807, 2.05) is 48.4 Å². The lowest BCUT2D eigenvalue weighted by atomic mass is 10.1. The molecule has 3 aromatic rings. The van der Waals surface area contributed by atoms with Crippen molar-refractivity contribution in [2.24, 2.45) is 7.05 Å². The molecular weight excluding hydrogens is 348 g/mol. The summed E-state index contributed by atoms with van der Waals surface area (Å²) in [5.41, 5.74) is 3.17. The van der Waals surface area contributed by atoms with Crippen LogP contribution in [0, 0.1) is 6.92 Å². The molecule has 1 N–H and O–H groups in total. The molecule has 0 saturated carbocycles. The van der Waals surface area contributed by atoms with Gasteiger partial charge in [-0.2, -0.15) is 5.10 Å². The van der Waals surface area contributed by atoms with Gasteiger partial charge in [-0.1, -0.05) is 6.07 Å². The number of aryl methyl sites for hydroxylation is 2. The fourth-order valence-electron chi connectivity index (χ4n) is 3.06. The van der Waals surface area contributed by atoms with Crippen LogP contribution in [0.2, 0.25) is 0 Å². The van der Waals surface area contributed by atoms with Crippen LogP contribution in [-0.2, 0) is 18.3 Å². The fourth-order valence-corrected chi connectivity index (χ4v) is 3.75. The quantitative estimate of drug-likeness (QED) is 0.745. The molecule has 136 valence electrons. The van der Waals surface area contributed by atoms with Crippen molar-refractivity contribution in [3.05, 3.63) is 52.9 Å². The van der Waals surface area contributed by atoms with Gasteiger partial charge in [0.2, 0.25) is 0 Å². The second-order valence-corrected chi connectivity index (χ2v) is 7.34. The van der Waals surface area contributed by atoms with Gasteiger partial charge < -0.3 is 10.1 Å². The molecule has 3 aromatic heterocycles. The normalized spacial score (nSPS) is 18.2. The molecule has 26 heavy (non-hydrogen) atoms. The zero-order chi connectivity index (χ0) is 17.9. The maximum Gasteiger partial charge on any atom is 0.188 e. The Labute approximate surface area is 156 Å². The average molecular weight is 370 g/mol. The van der Waals surface area contributed by atoms with E-state index in [9.17, 15) is 0 Å². The summed E-state index contributed by atoms with van der Waals surface area (Å²) in [4.78, 5) is 11.5. The number of ether oxygens (including phenoxy) is 1. The highest BCUT2D eigenvalue weighted by Crippen LogP contribution is 2.25. The largest absolute Gasteiger partial charge is 0.369 e. The average Bonchev–Trinajstić information content (AvgIpc) is 3.23. The van der Waals surface area contributed by atoms with Crippen molar-refractivity contribution in [3.8, 4) is 0 Å². The van der Waals surface area contributed by atoms with Gasteiger partial charge in [-0.25, -0.2) is 9.97 Å². The smallest absolute Gasteiger partial charge is 0.188 e. The Balaban J connectivity index is 1.43. The summed E-state index contributed by atoms with van der Waals surface area (Å²) in [7, 11) is 1.94. The fraction of sp³-hybridized carbons (Fsp3) is 0.389. The molecule has 1 aliphatic rings. The van der Waals surface area contributed by atoms with Crippen LogP contribution in [0.5, 0.6) is 0 Å². The molecule has 7 nitrogen and oxygen atoms in total. The maximum atomic E-state index is 5.98. The van der Waals surface area contributed by atoms with Crippen LogP contribution in [0.15, 0.2) is 36.0 Å². The third-order valence-electron chi connectivity index (χ3n) is 4.27. The highest BCUT2D eigenvalue weighted by atomic mass is 32.1. The van der Waals surface area contributed by atoms with Crippen LogP contribution < -0.4 is 5.32 Å². The monoisotopic (exact) mass is 370 g/mol. The number of aromatic nitrogens is 4. The van der Waals surface area contributed by atoms with Crippen molar-refractivity contribution in [1.29, 1.82) is 0 Å². The predicted octanol–water partition coefficient (Wildman–Crippen LogP) is 2.90. The molecule has 4 rings (SSSR count). The minimum absolute atomic E-state index is 0.0276. The minimum atomic E-state index is -0.0276. The number of hydrogen-bond acceptors (Lipinski definition) is 7. The molecule has 0 unspecified atom stereocenters. The van der Waals surface area contributed by atoms with Gasteiger partial charge in [-0.3, -0.25) is 9.58 Å². The molecule has 8 heteroatoms. The first kappa shape index (κ1) is 17.1. The third-order valence-corrected chi connectivity index (χ3v) is 5.15. The van der Waals surface area contributed by atoms with Gasteiger partial charge in [0.15, 0.2) is 5.13 Å². The van der Waals surface area contributed by atoms with Gasteiger partial charge in [-0.05, 0) is 19.1 Å². The summed E-state index contributed by atoms with van der Waals surface area (Å²) in [5.74, 6) is 0.796. The van der Waals surface area contributed by atoms with Gasteiger partial charge >= 0.3 is 0 Å². The molecule has 0 aromatic carbocycles. The van der Waals surface area contributed by atoms with Crippen LogP contribution >= 0.6 is 11.3 Å². The summed E-state index contributed by atoms with van der Waals surface area (Å²) in [5, 5.41) is 10.4. The van der Waals surface area contributed by atoms with Gasteiger partial charge in [0.05, 0.1) is 24.2 Å². The maximum absolute atomic E-state index is 5.98. The Kier molecular flexibility index (Phi) is 4.96. The van der Waals surface area contributed by atoms with Crippen LogP contribution in [-0.4, -0.2) is 44.3 Å². The van der Waals surface area contributed by atoms with Gasteiger partial charge in [0, 0.05) is 43.8 Å². The summed E-state index contributed by atoms with van der Waals surface area (Å²) >= 11 is 1.58. The number of anilines is 2. The molecule has 4 heterocycles. The first-order chi connectivity index (χ1) is 12.7. The van der Waals surface area contributed by atoms with E-state index in [4.69, 9.17) is 9.72 Å². The highest BCUT2D eigenvalue weighted by molar-refractivity contribution is 7.13. The molecule has 1 saturated heterocycles. The molecule has 1 aliphatic heterocycles. The topological polar surface area (TPSA) is 68.1 Å². The van der Waals surface area contributed by atoms with Crippen LogP contribution in [0.4, 0.5) is 10.9 Å². The van der Waals surface area contributed by atoms with E-state index in [1.54, 1.807) is 11.3 Å². The van der Waals surface area contributed by atoms with Gasteiger partial charge in [0.25, 0.3) is 0 Å². The Bertz CT molecular complexity index is 876. The highest BCUT2D eigenvalue weighted by Gasteiger charge is 2.23. The Morgan fingerprint density at radius 3 is 3.04 bits per heavy atom. The third kappa shape index (κ3) is 4.09. The lowest BCUT2D eigenvalue weighted by Crippen LogP contribution is -2.38. The van der Waals surface area contributed by atoms with Crippen molar-refractivity contribution in [3.63, 3.8) is 0 Å². The number of nitrogens with one attached hydrogen (secondary N) is 1. The summed E-state index contributed by atoms with van der Waals surface area (Å²) in [6.07, 6.45) is 3.95. The Morgan fingerprint density at radius 1 is 1.35 bits per heavy atom. The summed E-state index contributed by atoms with van der Waals surface area (Å²) < 4.78 is 7.82. The van der Waals surface area contributed by atoms with E-state index >= 15 is 0 Å². The molecule has 0 aliphatic carbocycles. The molecular formula is C18H22N6OS. The second kappa shape index (κ2) is 7.53. The van der Waals surface area contributed by atoms with Gasteiger partial charge in [-0.15, -0.1) is 11.3 Å². The molecule has 1 atom stereocenters. The molecule has 0 radical (unpaired) electrons. The van der Waals surface area contributed by atoms with E-state index in [0.717, 1.165) is 42.0 Å².